The fourth-order valence-corrected chi connectivity index (χ4v) is 5.85. The Balaban J connectivity index is 1.46. The summed E-state index contributed by atoms with van der Waals surface area (Å²) >= 11 is 0. The third-order valence-corrected chi connectivity index (χ3v) is 8.34. The molecule has 0 N–H and O–H groups in total. The first kappa shape index (κ1) is 35.1. The second kappa shape index (κ2) is 18.4. The van der Waals surface area contributed by atoms with Crippen LogP contribution in [0.4, 0.5) is 8.78 Å². The molecular weight excluding hydrogens is 562 g/mol. The highest BCUT2D eigenvalue weighted by molar-refractivity contribution is 5.86. The predicted octanol–water partition coefficient (Wildman–Crippen LogP) is 8.83. The first-order valence-electron chi connectivity index (χ1n) is 15.9. The minimum absolute atomic E-state index is 0.0782. The number of alkyl halides is 2. The summed E-state index contributed by atoms with van der Waals surface area (Å²) in [7, 11) is 0. The van der Waals surface area contributed by atoms with E-state index in [-0.39, 0.29) is 49.5 Å². The third kappa shape index (κ3) is 11.6. The molecule has 238 valence electrons. The zero-order chi connectivity index (χ0) is 31.8. The summed E-state index contributed by atoms with van der Waals surface area (Å²) in [5.74, 6) is -5.13. The number of unbranched alkanes of at least 4 members (excludes halogenated alkanes) is 4. The highest BCUT2D eigenvalue weighted by Gasteiger charge is 2.44. The molecule has 0 heterocycles. The van der Waals surface area contributed by atoms with E-state index in [9.17, 15) is 23.2 Å². The number of ether oxygens (including phenoxy) is 2. The average molecular weight is 609 g/mol. The Bertz CT molecular complexity index is 1250. The van der Waals surface area contributed by atoms with Gasteiger partial charge in [-0.25, -0.2) is 0 Å². The van der Waals surface area contributed by atoms with Gasteiger partial charge in [0.1, 0.15) is 12.4 Å². The molecule has 1 saturated carbocycles. The number of ketones is 2. The summed E-state index contributed by atoms with van der Waals surface area (Å²) in [6.45, 7) is 5.93. The van der Waals surface area contributed by atoms with Gasteiger partial charge in [-0.1, -0.05) is 87.7 Å². The molecule has 1 fully saturated rings. The van der Waals surface area contributed by atoms with Gasteiger partial charge in [0.25, 0.3) is 0 Å². The van der Waals surface area contributed by atoms with Crippen LogP contribution in [0.3, 0.4) is 0 Å². The maximum atomic E-state index is 14.4. The minimum Gasteiger partial charge on any atom is -0.461 e. The summed E-state index contributed by atoms with van der Waals surface area (Å²) in [6.07, 6.45) is 6.08. The Kier molecular flexibility index (Phi) is 14.7. The van der Waals surface area contributed by atoms with E-state index < -0.39 is 24.2 Å². The molecule has 5 nitrogen and oxygen atoms in total. The zero-order valence-corrected chi connectivity index (χ0v) is 25.9. The first-order chi connectivity index (χ1) is 21.2. The Morgan fingerprint density at radius 1 is 0.955 bits per heavy atom. The zero-order valence-electron chi connectivity index (χ0n) is 25.9. The normalized spacial score (nSPS) is 18.2. The lowest BCUT2D eigenvalue weighted by atomic mass is 9.84. The number of halogens is 2. The van der Waals surface area contributed by atoms with E-state index in [0.717, 1.165) is 36.0 Å². The summed E-state index contributed by atoms with van der Waals surface area (Å²) < 4.78 is 40.3. The predicted molar refractivity (Wildman–Crippen MR) is 168 cm³/mol. The van der Waals surface area contributed by atoms with Gasteiger partial charge in [-0.2, -0.15) is 8.78 Å². The smallest absolute Gasteiger partial charge is 0.306 e. The maximum absolute atomic E-state index is 14.4. The third-order valence-electron chi connectivity index (χ3n) is 8.34. The van der Waals surface area contributed by atoms with Crippen LogP contribution in [0.1, 0.15) is 101 Å². The highest BCUT2D eigenvalue weighted by atomic mass is 19.3. The largest absolute Gasteiger partial charge is 0.461 e. The number of carbonyl (C=O) groups is 3. The van der Waals surface area contributed by atoms with Crippen molar-refractivity contribution in [1.82, 2.24) is 0 Å². The molecule has 0 aromatic heterocycles. The van der Waals surface area contributed by atoms with Crippen molar-refractivity contribution in [3.8, 4) is 0 Å². The molecule has 0 unspecified atom stereocenters. The van der Waals surface area contributed by atoms with E-state index in [0.29, 0.717) is 38.7 Å². The number of esters is 1. The topological polar surface area (TPSA) is 69.7 Å². The van der Waals surface area contributed by atoms with E-state index in [2.05, 4.69) is 12.3 Å². The number of rotatable bonds is 20. The van der Waals surface area contributed by atoms with Gasteiger partial charge in [0, 0.05) is 31.6 Å². The van der Waals surface area contributed by atoms with E-state index in [1.54, 1.807) is 6.08 Å². The molecule has 0 spiro atoms. The standard InChI is InChI=1S/C37H46F2O5/c1-3-5-23-37(38,39)35(41)22-21-32-31(33(40)25-34(32)43-26-29-15-9-8-10-16-29)19-11-6-7-12-20-36(42)44-27-30-18-13-17-28(24-30)14-4-2/h8-10,13-18,24,31-32,34H,2-3,5-7,11-12,19-23,25-27H2,1H3/t31-,32-,34-/m1/s1. The molecule has 0 bridgehead atoms. The van der Waals surface area contributed by atoms with Gasteiger partial charge in [0.15, 0.2) is 0 Å². The van der Waals surface area contributed by atoms with Crippen molar-refractivity contribution < 1.29 is 32.6 Å². The van der Waals surface area contributed by atoms with Crippen LogP contribution in [0, 0.1) is 11.8 Å². The molecule has 2 aromatic carbocycles. The van der Waals surface area contributed by atoms with Gasteiger partial charge in [0.2, 0.25) is 5.78 Å². The van der Waals surface area contributed by atoms with Gasteiger partial charge in [0.05, 0.1) is 12.7 Å². The van der Waals surface area contributed by atoms with E-state index in [1.165, 1.54) is 0 Å². The summed E-state index contributed by atoms with van der Waals surface area (Å²) in [5, 5.41) is 0. The van der Waals surface area contributed by atoms with E-state index in [1.807, 2.05) is 61.5 Å². The average Bonchev–Trinajstić information content (AvgIpc) is 3.32. The van der Waals surface area contributed by atoms with Crippen LogP contribution in [0.15, 0.2) is 66.9 Å². The Hall–Kier alpha value is -3.41. The SMILES string of the molecule is C=C=Cc1cccc(COC(=O)CCCCCC[C@H]2C(=O)C[C@@H](OCc3ccccc3)[C@@H]2CCC(=O)C(F)(F)CCCC)c1. The second-order valence-corrected chi connectivity index (χ2v) is 11.8. The lowest BCUT2D eigenvalue weighted by Crippen LogP contribution is -2.31. The van der Waals surface area contributed by atoms with E-state index >= 15 is 0 Å². The molecule has 0 aliphatic heterocycles. The monoisotopic (exact) mass is 608 g/mol. The van der Waals surface area contributed by atoms with Gasteiger partial charge in [-0.3, -0.25) is 14.4 Å². The second-order valence-electron chi connectivity index (χ2n) is 11.8. The fraction of sp³-hybridized carbons (Fsp3) is 0.514. The number of benzene rings is 2. The molecule has 1 aliphatic rings. The molecule has 2 aromatic rings. The van der Waals surface area contributed by atoms with Crippen molar-refractivity contribution in [2.45, 2.75) is 109 Å². The lowest BCUT2D eigenvalue weighted by Gasteiger charge is -2.25. The van der Waals surface area contributed by atoms with Crippen LogP contribution >= 0.6 is 0 Å². The van der Waals surface area contributed by atoms with Crippen LogP contribution in [0.25, 0.3) is 6.08 Å². The maximum Gasteiger partial charge on any atom is 0.306 e. The fourth-order valence-electron chi connectivity index (χ4n) is 5.85. The number of carbonyl (C=O) groups excluding carboxylic acids is 3. The number of hydrogen-bond acceptors (Lipinski definition) is 5. The van der Waals surface area contributed by atoms with Crippen LogP contribution in [0.5, 0.6) is 0 Å². The van der Waals surface area contributed by atoms with Crippen LogP contribution < -0.4 is 0 Å². The number of hydrogen-bond donors (Lipinski definition) is 0. The van der Waals surface area contributed by atoms with E-state index in [4.69, 9.17) is 9.47 Å². The first-order valence-corrected chi connectivity index (χ1v) is 15.9. The molecule has 0 radical (unpaired) electrons. The molecule has 44 heavy (non-hydrogen) atoms. The summed E-state index contributed by atoms with van der Waals surface area (Å²) in [5.41, 5.74) is 5.55. The van der Waals surface area contributed by atoms with Gasteiger partial charge in [-0.15, -0.1) is 5.73 Å². The van der Waals surface area contributed by atoms with Crippen molar-refractivity contribution in [1.29, 1.82) is 0 Å². The Morgan fingerprint density at radius 3 is 2.45 bits per heavy atom. The molecule has 3 atom stereocenters. The van der Waals surface area contributed by atoms with Crippen molar-refractivity contribution >= 4 is 23.6 Å². The summed E-state index contributed by atoms with van der Waals surface area (Å²) in [4.78, 5) is 37.7. The van der Waals surface area contributed by atoms with Crippen molar-refractivity contribution in [3.05, 3.63) is 83.6 Å². The lowest BCUT2D eigenvalue weighted by molar-refractivity contribution is -0.145. The quantitative estimate of drug-likeness (QED) is 0.0853. The van der Waals surface area contributed by atoms with Crippen LogP contribution in [-0.2, 0) is 37.1 Å². The molecule has 7 heteroatoms. The molecule has 0 saturated heterocycles. The van der Waals surface area contributed by atoms with Gasteiger partial charge >= 0.3 is 11.9 Å². The van der Waals surface area contributed by atoms with Crippen molar-refractivity contribution in [2.24, 2.45) is 11.8 Å². The molecule has 0 amide bonds. The Labute approximate surface area is 260 Å². The van der Waals surface area contributed by atoms with Crippen LogP contribution in [-0.4, -0.2) is 29.6 Å². The van der Waals surface area contributed by atoms with Crippen molar-refractivity contribution in [2.75, 3.05) is 0 Å². The molecular formula is C37H46F2O5. The minimum atomic E-state index is -3.33. The van der Waals surface area contributed by atoms with Gasteiger partial charge in [-0.05, 0) is 60.4 Å². The molecule has 1 aliphatic carbocycles. The summed E-state index contributed by atoms with van der Waals surface area (Å²) in [6, 6.07) is 17.3. The highest BCUT2D eigenvalue weighted by Crippen LogP contribution is 2.39. The molecule has 3 rings (SSSR count). The van der Waals surface area contributed by atoms with Crippen LogP contribution in [0.2, 0.25) is 0 Å². The van der Waals surface area contributed by atoms with Crippen molar-refractivity contribution in [3.63, 3.8) is 0 Å². The van der Waals surface area contributed by atoms with Gasteiger partial charge < -0.3 is 9.47 Å². The Morgan fingerprint density at radius 2 is 1.70 bits per heavy atom. The number of Topliss-reactive ketones (excluding diaryl/α,β-unsaturated/α-hetero) is 2.